The van der Waals surface area contributed by atoms with Crippen LogP contribution in [0.1, 0.15) is 22.5 Å². The van der Waals surface area contributed by atoms with Crippen molar-refractivity contribution in [1.29, 1.82) is 0 Å². The van der Waals surface area contributed by atoms with Crippen molar-refractivity contribution >= 4 is 0 Å². The molecule has 1 heterocycles. The van der Waals surface area contributed by atoms with Gasteiger partial charge >= 0.3 is 0 Å². The number of rotatable bonds is 3. The molecule has 0 fully saturated rings. The van der Waals surface area contributed by atoms with Gasteiger partial charge in [-0.05, 0) is 51.6 Å². The van der Waals surface area contributed by atoms with Gasteiger partial charge in [-0.3, -0.25) is 0 Å². The van der Waals surface area contributed by atoms with Crippen LogP contribution in [0.2, 0.25) is 0 Å². The molecule has 0 bridgehead atoms. The number of aromatic nitrogens is 2. The van der Waals surface area contributed by atoms with Gasteiger partial charge in [0.25, 0.3) is 0 Å². The van der Waals surface area contributed by atoms with Crippen LogP contribution in [0, 0.1) is 26.6 Å². The maximum absolute atomic E-state index is 13.1. The molecular weight excluding hydrogens is 241 g/mol. The van der Waals surface area contributed by atoms with Gasteiger partial charge in [-0.1, -0.05) is 0 Å². The van der Waals surface area contributed by atoms with Gasteiger partial charge in [0.15, 0.2) is 5.82 Å². The van der Waals surface area contributed by atoms with E-state index in [4.69, 9.17) is 0 Å². The number of hydrogen-bond donors (Lipinski definition) is 1. The van der Waals surface area contributed by atoms with E-state index in [0.717, 1.165) is 34.6 Å². The Morgan fingerprint density at radius 1 is 1.11 bits per heavy atom. The van der Waals surface area contributed by atoms with Crippen LogP contribution in [0.25, 0.3) is 11.4 Å². The van der Waals surface area contributed by atoms with Gasteiger partial charge in [0.05, 0.1) is 0 Å². The molecule has 3 nitrogen and oxygen atoms in total. The van der Waals surface area contributed by atoms with Gasteiger partial charge in [-0.15, -0.1) is 0 Å². The molecule has 0 spiro atoms. The minimum Gasteiger partial charge on any atom is -0.316 e. The molecule has 0 radical (unpaired) electrons. The van der Waals surface area contributed by atoms with E-state index in [0.29, 0.717) is 5.82 Å². The van der Waals surface area contributed by atoms with Gasteiger partial charge in [-0.2, -0.15) is 0 Å². The number of hydrogen-bond acceptors (Lipinski definition) is 3. The number of nitrogens with zero attached hydrogens (tertiary/aromatic N) is 2. The summed E-state index contributed by atoms with van der Waals surface area (Å²) in [6, 6.07) is 4.68. The van der Waals surface area contributed by atoms with Crippen molar-refractivity contribution in [2.75, 3.05) is 7.05 Å². The zero-order valence-corrected chi connectivity index (χ0v) is 11.7. The second-order valence-corrected chi connectivity index (χ2v) is 4.69. The monoisotopic (exact) mass is 259 g/mol. The largest absolute Gasteiger partial charge is 0.316 e. The minimum atomic E-state index is -0.235. The van der Waals surface area contributed by atoms with Gasteiger partial charge < -0.3 is 5.32 Å². The Hall–Kier alpha value is -1.81. The lowest BCUT2D eigenvalue weighted by molar-refractivity contribution is 0.627. The molecule has 4 heteroatoms. The van der Waals surface area contributed by atoms with Gasteiger partial charge in [0.2, 0.25) is 0 Å². The summed E-state index contributed by atoms with van der Waals surface area (Å²) in [4.78, 5) is 9.08. The fourth-order valence-electron chi connectivity index (χ4n) is 2.17. The Morgan fingerprint density at radius 3 is 2.26 bits per heavy atom. The van der Waals surface area contributed by atoms with E-state index < -0.39 is 0 Å². The van der Waals surface area contributed by atoms with Crippen molar-refractivity contribution in [2.24, 2.45) is 0 Å². The van der Waals surface area contributed by atoms with Crippen LogP contribution < -0.4 is 5.32 Å². The van der Waals surface area contributed by atoms with E-state index in [1.54, 1.807) is 6.07 Å². The molecule has 0 saturated heterocycles. The fraction of sp³-hybridized carbons (Fsp3) is 0.333. The Labute approximate surface area is 112 Å². The highest BCUT2D eigenvalue weighted by molar-refractivity contribution is 5.60. The molecule has 100 valence electrons. The van der Waals surface area contributed by atoms with Crippen molar-refractivity contribution in [1.82, 2.24) is 15.3 Å². The van der Waals surface area contributed by atoms with Crippen LogP contribution in [0.15, 0.2) is 18.2 Å². The van der Waals surface area contributed by atoms with E-state index in [9.17, 15) is 4.39 Å². The van der Waals surface area contributed by atoms with Crippen molar-refractivity contribution in [2.45, 2.75) is 27.3 Å². The second kappa shape index (κ2) is 5.45. The Bertz CT molecular complexity index is 585. The van der Waals surface area contributed by atoms with Gasteiger partial charge in [0, 0.05) is 29.1 Å². The SMILES string of the molecule is CNCc1c(C)nc(-c2ccc(F)cc2C)nc1C. The average Bonchev–Trinajstić information content (AvgIpc) is 2.33. The number of benzene rings is 1. The second-order valence-electron chi connectivity index (χ2n) is 4.69. The van der Waals surface area contributed by atoms with Crippen LogP contribution in [0.4, 0.5) is 4.39 Å². The molecule has 0 aliphatic heterocycles. The van der Waals surface area contributed by atoms with E-state index in [1.165, 1.54) is 12.1 Å². The third kappa shape index (κ3) is 2.79. The lowest BCUT2D eigenvalue weighted by Gasteiger charge is -2.11. The van der Waals surface area contributed by atoms with Gasteiger partial charge in [-0.25, -0.2) is 14.4 Å². The summed E-state index contributed by atoms with van der Waals surface area (Å²) < 4.78 is 13.1. The highest BCUT2D eigenvalue weighted by Crippen LogP contribution is 2.22. The molecule has 0 unspecified atom stereocenters. The predicted octanol–water partition coefficient (Wildman–Crippen LogP) is 2.93. The third-order valence-electron chi connectivity index (χ3n) is 3.20. The van der Waals surface area contributed by atoms with Crippen LogP contribution in [0.3, 0.4) is 0 Å². The molecule has 0 aliphatic rings. The molecule has 0 aliphatic carbocycles. The summed E-state index contributed by atoms with van der Waals surface area (Å²) in [5.41, 5.74) is 4.76. The van der Waals surface area contributed by atoms with Crippen molar-refractivity contribution in [3.8, 4) is 11.4 Å². The first-order valence-electron chi connectivity index (χ1n) is 6.28. The summed E-state index contributed by atoms with van der Waals surface area (Å²) in [6.07, 6.45) is 0. The molecule has 2 aromatic rings. The Kier molecular flexibility index (Phi) is 3.90. The van der Waals surface area contributed by atoms with E-state index in [-0.39, 0.29) is 5.82 Å². The first kappa shape index (κ1) is 13.6. The highest BCUT2D eigenvalue weighted by Gasteiger charge is 2.11. The Balaban J connectivity index is 2.52. The quantitative estimate of drug-likeness (QED) is 0.921. The molecule has 1 aromatic carbocycles. The lowest BCUT2D eigenvalue weighted by atomic mass is 10.1. The Morgan fingerprint density at radius 2 is 1.74 bits per heavy atom. The first-order chi connectivity index (χ1) is 9.02. The standard InChI is InChI=1S/C15H18FN3/c1-9-7-12(16)5-6-13(9)15-18-10(2)14(8-17-4)11(3)19-15/h5-7,17H,8H2,1-4H3. The smallest absolute Gasteiger partial charge is 0.159 e. The molecule has 0 saturated carbocycles. The van der Waals surface area contributed by atoms with Gasteiger partial charge in [0.1, 0.15) is 5.82 Å². The molecule has 0 amide bonds. The molecule has 1 aromatic heterocycles. The first-order valence-corrected chi connectivity index (χ1v) is 6.28. The van der Waals surface area contributed by atoms with E-state index in [1.807, 2.05) is 27.8 Å². The molecular formula is C15H18FN3. The van der Waals surface area contributed by atoms with Crippen LogP contribution >= 0.6 is 0 Å². The van der Waals surface area contributed by atoms with Crippen molar-refractivity contribution in [3.05, 3.63) is 46.5 Å². The molecule has 0 atom stereocenters. The summed E-state index contributed by atoms with van der Waals surface area (Å²) in [5.74, 6) is 0.425. The summed E-state index contributed by atoms with van der Waals surface area (Å²) in [5, 5.41) is 3.11. The summed E-state index contributed by atoms with van der Waals surface area (Å²) in [6.45, 7) is 6.57. The highest BCUT2D eigenvalue weighted by atomic mass is 19.1. The maximum atomic E-state index is 13.1. The number of aryl methyl sites for hydroxylation is 3. The van der Waals surface area contributed by atoms with E-state index in [2.05, 4.69) is 15.3 Å². The molecule has 1 N–H and O–H groups in total. The molecule has 19 heavy (non-hydrogen) atoms. The third-order valence-corrected chi connectivity index (χ3v) is 3.20. The van der Waals surface area contributed by atoms with Crippen LogP contribution in [-0.4, -0.2) is 17.0 Å². The summed E-state index contributed by atoms with van der Waals surface area (Å²) >= 11 is 0. The number of halogens is 1. The van der Waals surface area contributed by atoms with Crippen molar-refractivity contribution < 1.29 is 4.39 Å². The summed E-state index contributed by atoms with van der Waals surface area (Å²) in [7, 11) is 1.90. The topological polar surface area (TPSA) is 37.8 Å². The zero-order chi connectivity index (χ0) is 14.0. The van der Waals surface area contributed by atoms with Crippen LogP contribution in [0.5, 0.6) is 0 Å². The minimum absolute atomic E-state index is 0.235. The number of nitrogens with one attached hydrogen (secondary N) is 1. The molecule has 2 rings (SSSR count). The predicted molar refractivity (Wildman–Crippen MR) is 74.4 cm³/mol. The van der Waals surface area contributed by atoms with Crippen LogP contribution in [-0.2, 0) is 6.54 Å². The van der Waals surface area contributed by atoms with Crippen molar-refractivity contribution in [3.63, 3.8) is 0 Å². The average molecular weight is 259 g/mol. The fourth-order valence-corrected chi connectivity index (χ4v) is 2.17. The van der Waals surface area contributed by atoms with E-state index >= 15 is 0 Å². The maximum Gasteiger partial charge on any atom is 0.159 e. The normalized spacial score (nSPS) is 10.8. The lowest BCUT2D eigenvalue weighted by Crippen LogP contribution is -2.11. The zero-order valence-electron chi connectivity index (χ0n) is 11.7.